The highest BCUT2D eigenvalue weighted by Gasteiger charge is 2.14. The summed E-state index contributed by atoms with van der Waals surface area (Å²) in [5.41, 5.74) is 0. The van der Waals surface area contributed by atoms with Gasteiger partial charge in [0.2, 0.25) is 0 Å². The van der Waals surface area contributed by atoms with E-state index in [0.717, 1.165) is 83.3 Å². The van der Waals surface area contributed by atoms with Gasteiger partial charge in [-0.15, -0.1) is 0 Å². The summed E-state index contributed by atoms with van der Waals surface area (Å²) in [4.78, 5) is 4.54. The van der Waals surface area contributed by atoms with Crippen LogP contribution < -0.4 is 10.6 Å². The molecule has 0 amide bonds. The molecule has 1 aromatic heterocycles. The summed E-state index contributed by atoms with van der Waals surface area (Å²) in [6.07, 6.45) is 7.15. The van der Waals surface area contributed by atoms with Crippen molar-refractivity contribution in [3.05, 3.63) is 24.2 Å². The van der Waals surface area contributed by atoms with Crippen LogP contribution in [0, 0.1) is 0 Å². The Morgan fingerprint density at radius 2 is 2.29 bits per heavy atom. The average Bonchev–Trinajstić information content (AvgIpc) is 3.28. The number of rotatable bonds is 11. The Morgan fingerprint density at radius 1 is 1.38 bits per heavy atom. The van der Waals surface area contributed by atoms with Crippen molar-refractivity contribution in [2.75, 3.05) is 39.5 Å². The molecule has 0 aliphatic carbocycles. The maximum atomic E-state index is 5.67. The molecule has 1 aliphatic rings. The fraction of sp³-hybridized carbons (Fsp3) is 0.722. The summed E-state index contributed by atoms with van der Waals surface area (Å²) in [5.74, 6) is 1.85. The highest BCUT2D eigenvalue weighted by molar-refractivity contribution is 5.79. The monoisotopic (exact) mass is 337 g/mol. The third-order valence-electron chi connectivity index (χ3n) is 3.82. The molecule has 24 heavy (non-hydrogen) atoms. The Balaban J connectivity index is 1.54. The highest BCUT2D eigenvalue weighted by Crippen LogP contribution is 2.11. The van der Waals surface area contributed by atoms with Gasteiger partial charge in [-0.25, -0.2) is 0 Å². The van der Waals surface area contributed by atoms with Crippen LogP contribution in [-0.4, -0.2) is 51.5 Å². The molecule has 1 aromatic rings. The van der Waals surface area contributed by atoms with E-state index in [1.165, 1.54) is 0 Å². The van der Waals surface area contributed by atoms with Gasteiger partial charge in [-0.1, -0.05) is 6.92 Å². The van der Waals surface area contributed by atoms with Crippen LogP contribution in [-0.2, 0) is 15.9 Å². The molecule has 6 heteroatoms. The lowest BCUT2D eigenvalue weighted by molar-refractivity contribution is 0.0168. The van der Waals surface area contributed by atoms with Gasteiger partial charge >= 0.3 is 0 Å². The van der Waals surface area contributed by atoms with Gasteiger partial charge in [0.15, 0.2) is 5.96 Å². The van der Waals surface area contributed by atoms with E-state index in [4.69, 9.17) is 13.9 Å². The molecular formula is C18H31N3O3. The van der Waals surface area contributed by atoms with E-state index in [1.807, 2.05) is 12.1 Å². The van der Waals surface area contributed by atoms with Crippen LogP contribution in [0.1, 0.15) is 38.4 Å². The zero-order valence-corrected chi connectivity index (χ0v) is 14.8. The summed E-state index contributed by atoms with van der Waals surface area (Å²) in [7, 11) is 0. The Morgan fingerprint density at radius 3 is 3.04 bits per heavy atom. The van der Waals surface area contributed by atoms with Gasteiger partial charge in [0.1, 0.15) is 5.76 Å². The first kappa shape index (κ1) is 18.8. The minimum absolute atomic E-state index is 0.308. The summed E-state index contributed by atoms with van der Waals surface area (Å²) in [6.45, 7) is 6.96. The van der Waals surface area contributed by atoms with Crippen molar-refractivity contribution in [2.45, 2.75) is 45.1 Å². The summed E-state index contributed by atoms with van der Waals surface area (Å²) in [5, 5.41) is 6.71. The Hall–Kier alpha value is -1.53. The molecule has 1 fully saturated rings. The molecule has 1 aliphatic heterocycles. The first-order valence-electron chi connectivity index (χ1n) is 9.12. The lowest BCUT2D eigenvalue weighted by Gasteiger charge is -2.13. The summed E-state index contributed by atoms with van der Waals surface area (Å²) >= 11 is 0. The van der Waals surface area contributed by atoms with E-state index < -0.39 is 0 Å². The number of nitrogens with zero attached hydrogens (tertiary/aromatic N) is 1. The third kappa shape index (κ3) is 7.84. The van der Waals surface area contributed by atoms with Crippen molar-refractivity contribution < 1.29 is 13.9 Å². The van der Waals surface area contributed by atoms with Gasteiger partial charge in [-0.3, -0.25) is 4.99 Å². The molecule has 136 valence electrons. The van der Waals surface area contributed by atoms with Crippen LogP contribution in [0.25, 0.3) is 0 Å². The van der Waals surface area contributed by atoms with Gasteiger partial charge in [0, 0.05) is 39.3 Å². The minimum atomic E-state index is 0.308. The number of hydrogen-bond acceptors (Lipinski definition) is 4. The quantitative estimate of drug-likeness (QED) is 0.369. The van der Waals surface area contributed by atoms with Crippen molar-refractivity contribution in [1.29, 1.82) is 0 Å². The van der Waals surface area contributed by atoms with Crippen LogP contribution in [0.2, 0.25) is 0 Å². The van der Waals surface area contributed by atoms with Gasteiger partial charge in [-0.2, -0.15) is 0 Å². The number of ether oxygens (including phenoxy) is 2. The summed E-state index contributed by atoms with van der Waals surface area (Å²) < 4.78 is 16.5. The van der Waals surface area contributed by atoms with Crippen molar-refractivity contribution in [1.82, 2.24) is 10.6 Å². The smallest absolute Gasteiger partial charge is 0.191 e. The molecule has 0 spiro atoms. The Bertz CT molecular complexity index is 442. The van der Waals surface area contributed by atoms with Crippen LogP contribution >= 0.6 is 0 Å². The van der Waals surface area contributed by atoms with Crippen molar-refractivity contribution >= 4 is 5.96 Å². The van der Waals surface area contributed by atoms with Crippen LogP contribution in [0.15, 0.2) is 27.8 Å². The molecule has 0 bridgehead atoms. The predicted octanol–water partition coefficient (Wildman–Crippen LogP) is 2.35. The molecule has 1 atom stereocenters. The SMILES string of the molecule is CCCN=C(NCCCOCC1CCCO1)NCCc1ccco1. The number of hydrogen-bond donors (Lipinski definition) is 2. The van der Waals surface area contributed by atoms with E-state index in [1.54, 1.807) is 6.26 Å². The summed E-state index contributed by atoms with van der Waals surface area (Å²) in [6, 6.07) is 3.90. The van der Waals surface area contributed by atoms with E-state index in [2.05, 4.69) is 22.5 Å². The predicted molar refractivity (Wildman–Crippen MR) is 95.4 cm³/mol. The molecule has 2 heterocycles. The lowest BCUT2D eigenvalue weighted by atomic mass is 10.2. The maximum Gasteiger partial charge on any atom is 0.191 e. The molecule has 0 aromatic carbocycles. The van der Waals surface area contributed by atoms with Crippen molar-refractivity contribution in [2.24, 2.45) is 4.99 Å². The zero-order valence-electron chi connectivity index (χ0n) is 14.8. The van der Waals surface area contributed by atoms with Gasteiger partial charge < -0.3 is 24.5 Å². The highest BCUT2D eigenvalue weighted by atomic mass is 16.5. The fourth-order valence-electron chi connectivity index (χ4n) is 2.53. The van der Waals surface area contributed by atoms with Gasteiger partial charge in [0.25, 0.3) is 0 Å². The molecule has 6 nitrogen and oxygen atoms in total. The number of furan rings is 1. The fourth-order valence-corrected chi connectivity index (χ4v) is 2.53. The average molecular weight is 337 g/mol. The van der Waals surface area contributed by atoms with Gasteiger partial charge in [-0.05, 0) is 37.8 Å². The van der Waals surface area contributed by atoms with Crippen LogP contribution in [0.4, 0.5) is 0 Å². The standard InChI is InChI=1S/C18H31N3O3/c1-2-9-19-18(21-11-8-16-6-3-13-23-16)20-10-5-12-22-15-17-7-4-14-24-17/h3,6,13,17H,2,4-5,7-12,14-15H2,1H3,(H2,19,20,21). The largest absolute Gasteiger partial charge is 0.469 e. The van der Waals surface area contributed by atoms with Crippen LogP contribution in [0.5, 0.6) is 0 Å². The number of guanidine groups is 1. The minimum Gasteiger partial charge on any atom is -0.469 e. The first-order chi connectivity index (χ1) is 11.9. The number of aliphatic imine (C=N–C) groups is 1. The second-order valence-electron chi connectivity index (χ2n) is 5.98. The second kappa shape index (κ2) is 11.9. The second-order valence-corrected chi connectivity index (χ2v) is 5.98. The normalized spacial score (nSPS) is 18.0. The first-order valence-corrected chi connectivity index (χ1v) is 9.12. The molecule has 0 radical (unpaired) electrons. The molecule has 1 unspecified atom stereocenters. The van der Waals surface area contributed by atoms with E-state index in [-0.39, 0.29) is 0 Å². The number of nitrogens with one attached hydrogen (secondary N) is 2. The van der Waals surface area contributed by atoms with E-state index in [0.29, 0.717) is 6.10 Å². The van der Waals surface area contributed by atoms with Crippen molar-refractivity contribution in [3.63, 3.8) is 0 Å². The molecule has 0 saturated carbocycles. The lowest BCUT2D eigenvalue weighted by Crippen LogP contribution is -2.39. The third-order valence-corrected chi connectivity index (χ3v) is 3.82. The molecular weight excluding hydrogens is 306 g/mol. The van der Waals surface area contributed by atoms with E-state index >= 15 is 0 Å². The Kier molecular flexibility index (Phi) is 9.34. The topological polar surface area (TPSA) is 68.0 Å². The molecule has 2 rings (SSSR count). The Labute approximate surface area is 145 Å². The molecule has 2 N–H and O–H groups in total. The van der Waals surface area contributed by atoms with Crippen LogP contribution in [0.3, 0.4) is 0 Å². The van der Waals surface area contributed by atoms with Crippen molar-refractivity contribution in [3.8, 4) is 0 Å². The zero-order chi connectivity index (χ0) is 16.9. The van der Waals surface area contributed by atoms with E-state index in [9.17, 15) is 0 Å². The van der Waals surface area contributed by atoms with Gasteiger partial charge in [0.05, 0.1) is 19.0 Å². The molecule has 1 saturated heterocycles. The maximum absolute atomic E-state index is 5.67.